The van der Waals surface area contributed by atoms with Crippen molar-refractivity contribution in [2.75, 3.05) is 30.4 Å². The standard InChI is InChI=1S/C16H18F3N3O2/c1-21-13-3-2-12(8-10(13)9-14(21)23)20-15(24)22-6-4-11(5-7-22)16(17,18)19/h2-3,8,11H,4-7,9H2,1H3,(H,20,24). The molecule has 0 bridgehead atoms. The van der Waals surface area contributed by atoms with Crippen molar-refractivity contribution in [3.63, 3.8) is 0 Å². The average molecular weight is 341 g/mol. The number of likely N-dealkylation sites (N-methyl/N-ethyl adjacent to an activating group) is 1. The van der Waals surface area contributed by atoms with E-state index in [0.29, 0.717) is 5.69 Å². The van der Waals surface area contributed by atoms with Gasteiger partial charge in [-0.2, -0.15) is 13.2 Å². The van der Waals surface area contributed by atoms with Crippen LogP contribution in [0.4, 0.5) is 29.3 Å². The highest BCUT2D eigenvalue weighted by Crippen LogP contribution is 2.34. The summed E-state index contributed by atoms with van der Waals surface area (Å²) < 4.78 is 38.0. The van der Waals surface area contributed by atoms with Gasteiger partial charge in [-0.05, 0) is 36.6 Å². The van der Waals surface area contributed by atoms with Gasteiger partial charge >= 0.3 is 12.2 Å². The summed E-state index contributed by atoms with van der Waals surface area (Å²) in [7, 11) is 1.69. The maximum Gasteiger partial charge on any atom is 0.391 e. The van der Waals surface area contributed by atoms with Crippen molar-refractivity contribution in [3.8, 4) is 0 Å². The molecule has 1 N–H and O–H groups in total. The Morgan fingerprint density at radius 3 is 2.54 bits per heavy atom. The van der Waals surface area contributed by atoms with Gasteiger partial charge in [0.1, 0.15) is 0 Å². The minimum absolute atomic E-state index is 0.0114. The topological polar surface area (TPSA) is 52.7 Å². The molecular formula is C16H18F3N3O2. The number of fused-ring (bicyclic) bond motifs is 1. The first kappa shape index (κ1) is 16.6. The number of hydrogen-bond donors (Lipinski definition) is 1. The van der Waals surface area contributed by atoms with E-state index in [1.807, 2.05) is 0 Å². The number of alkyl halides is 3. The van der Waals surface area contributed by atoms with Gasteiger partial charge in [-0.3, -0.25) is 4.79 Å². The summed E-state index contributed by atoms with van der Waals surface area (Å²) in [6, 6.07) is 4.77. The molecule has 3 rings (SSSR count). The number of urea groups is 1. The molecule has 0 saturated carbocycles. The lowest BCUT2D eigenvalue weighted by atomic mass is 9.96. The predicted molar refractivity (Wildman–Crippen MR) is 82.9 cm³/mol. The van der Waals surface area contributed by atoms with E-state index in [4.69, 9.17) is 0 Å². The third-order valence-corrected chi connectivity index (χ3v) is 4.65. The van der Waals surface area contributed by atoms with Gasteiger partial charge in [0.25, 0.3) is 0 Å². The maximum atomic E-state index is 12.7. The van der Waals surface area contributed by atoms with Crippen molar-refractivity contribution in [1.82, 2.24) is 4.90 Å². The van der Waals surface area contributed by atoms with E-state index >= 15 is 0 Å². The number of nitrogens with one attached hydrogen (secondary N) is 1. The largest absolute Gasteiger partial charge is 0.391 e. The van der Waals surface area contributed by atoms with Crippen LogP contribution in [0.25, 0.3) is 0 Å². The average Bonchev–Trinajstić information content (AvgIpc) is 2.81. The minimum Gasteiger partial charge on any atom is -0.325 e. The Balaban J connectivity index is 1.61. The molecule has 2 aliphatic rings. The van der Waals surface area contributed by atoms with E-state index in [1.54, 1.807) is 30.1 Å². The number of carbonyl (C=O) groups excluding carboxylic acids is 2. The predicted octanol–water partition coefficient (Wildman–Crippen LogP) is 3.01. The number of anilines is 2. The number of rotatable bonds is 1. The van der Waals surface area contributed by atoms with Crippen LogP contribution in [0.5, 0.6) is 0 Å². The Bertz CT molecular complexity index is 667. The summed E-state index contributed by atoms with van der Waals surface area (Å²) in [4.78, 5) is 26.8. The molecule has 3 amide bonds. The molecule has 1 fully saturated rings. The van der Waals surface area contributed by atoms with Crippen molar-refractivity contribution in [2.24, 2.45) is 5.92 Å². The Kier molecular flexibility index (Phi) is 4.15. The monoisotopic (exact) mass is 341 g/mol. The number of benzene rings is 1. The highest BCUT2D eigenvalue weighted by molar-refractivity contribution is 6.01. The highest BCUT2D eigenvalue weighted by atomic mass is 19.4. The van der Waals surface area contributed by atoms with Crippen molar-refractivity contribution in [2.45, 2.75) is 25.4 Å². The van der Waals surface area contributed by atoms with Crippen LogP contribution >= 0.6 is 0 Å². The van der Waals surface area contributed by atoms with E-state index in [-0.39, 0.29) is 38.3 Å². The molecule has 2 heterocycles. The van der Waals surface area contributed by atoms with Crippen molar-refractivity contribution >= 4 is 23.3 Å². The second-order valence-electron chi connectivity index (χ2n) is 6.21. The van der Waals surface area contributed by atoms with Gasteiger partial charge in [-0.25, -0.2) is 4.79 Å². The van der Waals surface area contributed by atoms with Gasteiger partial charge in [-0.1, -0.05) is 0 Å². The lowest BCUT2D eigenvalue weighted by Gasteiger charge is -2.32. The molecule has 8 heteroatoms. The van der Waals surface area contributed by atoms with Crippen molar-refractivity contribution in [3.05, 3.63) is 23.8 Å². The van der Waals surface area contributed by atoms with Crippen molar-refractivity contribution in [1.29, 1.82) is 0 Å². The maximum absolute atomic E-state index is 12.7. The molecule has 1 saturated heterocycles. The summed E-state index contributed by atoms with van der Waals surface area (Å²) in [6.45, 7) is 0.171. The fraction of sp³-hybridized carbons (Fsp3) is 0.500. The highest BCUT2D eigenvalue weighted by Gasteiger charge is 2.41. The second kappa shape index (κ2) is 5.99. The minimum atomic E-state index is -4.19. The number of hydrogen-bond acceptors (Lipinski definition) is 2. The van der Waals surface area contributed by atoms with Crippen LogP contribution in [0.3, 0.4) is 0 Å². The van der Waals surface area contributed by atoms with E-state index in [1.165, 1.54) is 4.90 Å². The van der Waals surface area contributed by atoms with Crippen LogP contribution in [0, 0.1) is 5.92 Å². The number of nitrogens with zero attached hydrogens (tertiary/aromatic N) is 2. The van der Waals surface area contributed by atoms with Crippen LogP contribution < -0.4 is 10.2 Å². The molecule has 130 valence electrons. The number of carbonyl (C=O) groups is 2. The number of likely N-dealkylation sites (tertiary alicyclic amines) is 1. The SMILES string of the molecule is CN1C(=O)Cc2cc(NC(=O)N3CCC(C(F)(F)F)CC3)ccc21. The van der Waals surface area contributed by atoms with Gasteiger partial charge in [0.15, 0.2) is 0 Å². The van der Waals surface area contributed by atoms with E-state index < -0.39 is 18.1 Å². The fourth-order valence-corrected chi connectivity index (χ4v) is 3.16. The smallest absolute Gasteiger partial charge is 0.325 e. The summed E-state index contributed by atoms with van der Waals surface area (Å²) >= 11 is 0. The van der Waals surface area contributed by atoms with E-state index in [0.717, 1.165) is 11.3 Å². The van der Waals surface area contributed by atoms with Crippen molar-refractivity contribution < 1.29 is 22.8 Å². The fourth-order valence-electron chi connectivity index (χ4n) is 3.16. The molecule has 1 aromatic carbocycles. The van der Waals surface area contributed by atoms with Gasteiger partial charge in [0, 0.05) is 31.5 Å². The molecule has 0 atom stereocenters. The van der Waals surface area contributed by atoms with Gasteiger partial charge < -0.3 is 15.1 Å². The summed E-state index contributed by atoms with van der Waals surface area (Å²) in [5, 5.41) is 2.70. The lowest BCUT2D eigenvalue weighted by molar-refractivity contribution is -0.183. The Morgan fingerprint density at radius 1 is 1.25 bits per heavy atom. The molecular weight excluding hydrogens is 323 g/mol. The van der Waals surface area contributed by atoms with Crippen LogP contribution in [-0.4, -0.2) is 43.2 Å². The van der Waals surface area contributed by atoms with Crippen LogP contribution in [0.15, 0.2) is 18.2 Å². The first-order chi connectivity index (χ1) is 11.3. The molecule has 0 aliphatic carbocycles. The molecule has 1 aromatic rings. The van der Waals surface area contributed by atoms with Gasteiger partial charge in [-0.15, -0.1) is 0 Å². The van der Waals surface area contributed by atoms with Crippen LogP contribution in [-0.2, 0) is 11.2 Å². The Hall–Kier alpha value is -2.25. The molecule has 0 unspecified atom stereocenters. The molecule has 0 spiro atoms. The number of halogens is 3. The quantitative estimate of drug-likeness (QED) is 0.854. The normalized spacial score (nSPS) is 18.8. The first-order valence-electron chi connectivity index (χ1n) is 7.78. The summed E-state index contributed by atoms with van der Waals surface area (Å²) in [5.41, 5.74) is 2.18. The molecule has 24 heavy (non-hydrogen) atoms. The molecule has 0 aromatic heterocycles. The first-order valence-corrected chi connectivity index (χ1v) is 7.78. The number of piperidine rings is 1. The van der Waals surface area contributed by atoms with Crippen LogP contribution in [0.2, 0.25) is 0 Å². The third kappa shape index (κ3) is 3.18. The zero-order chi connectivity index (χ0) is 17.5. The molecule has 0 radical (unpaired) electrons. The zero-order valence-corrected chi connectivity index (χ0v) is 13.2. The third-order valence-electron chi connectivity index (χ3n) is 4.65. The lowest BCUT2D eigenvalue weighted by Crippen LogP contribution is -2.43. The molecule has 5 nitrogen and oxygen atoms in total. The summed E-state index contributed by atoms with van der Waals surface area (Å²) in [5.74, 6) is -1.34. The molecule has 2 aliphatic heterocycles. The Morgan fingerprint density at radius 2 is 1.92 bits per heavy atom. The Labute approximate surface area is 137 Å². The van der Waals surface area contributed by atoms with E-state index in [2.05, 4.69) is 5.32 Å². The van der Waals surface area contributed by atoms with Gasteiger partial charge in [0.2, 0.25) is 5.91 Å². The summed E-state index contributed by atoms with van der Waals surface area (Å²) in [6.07, 6.45) is -4.05. The number of amides is 3. The van der Waals surface area contributed by atoms with Crippen LogP contribution in [0.1, 0.15) is 18.4 Å². The zero-order valence-electron chi connectivity index (χ0n) is 13.2. The van der Waals surface area contributed by atoms with E-state index in [9.17, 15) is 22.8 Å². The second-order valence-corrected chi connectivity index (χ2v) is 6.21. The van der Waals surface area contributed by atoms with Gasteiger partial charge in [0.05, 0.1) is 12.3 Å².